The number of hydrogen-bond donors (Lipinski definition) is 3. The minimum Gasteiger partial charge on any atom is -0.488 e. The summed E-state index contributed by atoms with van der Waals surface area (Å²) < 4.78 is 12.0. The Hall–Kier alpha value is -3.72. The second kappa shape index (κ2) is 11.3. The average molecular weight is 511 g/mol. The third-order valence-electron chi connectivity index (χ3n) is 7.18. The molecule has 6 rings (SSSR count). The summed E-state index contributed by atoms with van der Waals surface area (Å²) in [7, 11) is 0. The number of benzene rings is 3. The molecule has 3 aromatic carbocycles. The number of morpholine rings is 1. The summed E-state index contributed by atoms with van der Waals surface area (Å²) in [5, 5.41) is 11.1. The molecule has 38 heavy (non-hydrogen) atoms. The van der Waals surface area contributed by atoms with Crippen LogP contribution in [0.5, 0.6) is 5.75 Å². The summed E-state index contributed by atoms with van der Waals surface area (Å²) in [4.78, 5) is 11.9. The maximum absolute atomic E-state index is 6.16. The Bertz CT molecular complexity index is 1350. The lowest BCUT2D eigenvalue weighted by Crippen LogP contribution is -2.46. The van der Waals surface area contributed by atoms with E-state index in [-0.39, 0.29) is 12.2 Å². The highest BCUT2D eigenvalue weighted by Crippen LogP contribution is 2.30. The molecule has 2 aliphatic rings. The molecule has 0 amide bonds. The van der Waals surface area contributed by atoms with Gasteiger partial charge >= 0.3 is 0 Å². The Morgan fingerprint density at radius 1 is 0.974 bits per heavy atom. The van der Waals surface area contributed by atoms with E-state index in [0.717, 1.165) is 79.3 Å². The van der Waals surface area contributed by atoms with E-state index in [9.17, 15) is 0 Å². The lowest BCUT2D eigenvalue weighted by molar-refractivity contribution is -0.0350. The summed E-state index contributed by atoms with van der Waals surface area (Å²) >= 11 is 0. The van der Waals surface area contributed by atoms with Crippen molar-refractivity contribution in [3.63, 3.8) is 0 Å². The topological polar surface area (TPSA) is 83.6 Å². The quantitative estimate of drug-likeness (QED) is 0.341. The first kappa shape index (κ1) is 24.6. The second-order valence-electron chi connectivity index (χ2n) is 9.81. The summed E-state index contributed by atoms with van der Waals surface area (Å²) in [5.41, 5.74) is 5.25. The van der Waals surface area contributed by atoms with E-state index in [0.29, 0.717) is 5.95 Å². The van der Waals surface area contributed by atoms with Crippen molar-refractivity contribution >= 4 is 28.2 Å². The van der Waals surface area contributed by atoms with Crippen LogP contribution >= 0.6 is 0 Å². The van der Waals surface area contributed by atoms with Crippen LogP contribution < -0.4 is 25.6 Å². The van der Waals surface area contributed by atoms with Crippen LogP contribution in [0.15, 0.2) is 72.9 Å². The van der Waals surface area contributed by atoms with Gasteiger partial charge in [-0.15, -0.1) is 0 Å². The summed E-state index contributed by atoms with van der Waals surface area (Å²) in [5.74, 6) is 1.41. The van der Waals surface area contributed by atoms with Crippen LogP contribution in [0.3, 0.4) is 0 Å². The molecule has 1 aromatic heterocycles. The van der Waals surface area contributed by atoms with E-state index < -0.39 is 0 Å². The van der Waals surface area contributed by atoms with Crippen molar-refractivity contribution in [2.45, 2.75) is 19.1 Å². The van der Waals surface area contributed by atoms with Crippen LogP contribution in [-0.2, 0) is 4.74 Å². The molecule has 2 unspecified atom stereocenters. The predicted octanol–water partition coefficient (Wildman–Crippen LogP) is 4.21. The largest absolute Gasteiger partial charge is 0.488 e. The number of piperazine rings is 1. The van der Waals surface area contributed by atoms with Gasteiger partial charge in [-0.05, 0) is 48.9 Å². The highest BCUT2D eigenvalue weighted by atomic mass is 16.5. The highest BCUT2D eigenvalue weighted by molar-refractivity contribution is 5.94. The van der Waals surface area contributed by atoms with E-state index in [1.54, 1.807) is 0 Å². The molecule has 0 aliphatic carbocycles. The Morgan fingerprint density at radius 3 is 2.55 bits per heavy atom. The Balaban J connectivity index is 1.18. The highest BCUT2D eigenvalue weighted by Gasteiger charge is 2.22. The lowest BCUT2D eigenvalue weighted by atomic mass is 10.0. The molecule has 2 saturated heterocycles. The van der Waals surface area contributed by atoms with E-state index in [1.165, 1.54) is 5.69 Å². The molecule has 0 bridgehead atoms. The minimum absolute atomic E-state index is 0.0292. The van der Waals surface area contributed by atoms with E-state index >= 15 is 0 Å². The van der Waals surface area contributed by atoms with Crippen molar-refractivity contribution in [1.29, 1.82) is 0 Å². The van der Waals surface area contributed by atoms with Gasteiger partial charge in [0, 0.05) is 67.8 Å². The van der Waals surface area contributed by atoms with Crippen LogP contribution in [0.2, 0.25) is 0 Å². The minimum atomic E-state index is -0.0292. The van der Waals surface area contributed by atoms with Gasteiger partial charge in [0.2, 0.25) is 5.95 Å². The third-order valence-corrected chi connectivity index (χ3v) is 7.18. The van der Waals surface area contributed by atoms with Crippen LogP contribution in [0.4, 0.5) is 17.3 Å². The smallest absolute Gasteiger partial charge is 0.227 e. The summed E-state index contributed by atoms with van der Waals surface area (Å²) in [6.45, 7) is 8.59. The van der Waals surface area contributed by atoms with Crippen molar-refractivity contribution in [3.8, 4) is 16.9 Å². The first-order valence-electron chi connectivity index (χ1n) is 13.4. The molecule has 0 saturated carbocycles. The number of fused-ring (bicyclic) bond motifs is 1. The number of ether oxygens (including phenoxy) is 2. The van der Waals surface area contributed by atoms with Gasteiger partial charge in [-0.1, -0.05) is 30.3 Å². The maximum atomic E-state index is 6.16. The summed E-state index contributed by atoms with van der Waals surface area (Å²) in [6, 6.07) is 22.9. The number of aromatic nitrogens is 2. The van der Waals surface area contributed by atoms with Crippen LogP contribution in [0.1, 0.15) is 6.92 Å². The number of hydrogen-bond acceptors (Lipinski definition) is 8. The molecule has 8 heteroatoms. The zero-order chi connectivity index (χ0) is 25.7. The number of para-hydroxylation sites is 1. The molecular formula is C30H34N6O2. The first-order valence-corrected chi connectivity index (χ1v) is 13.4. The van der Waals surface area contributed by atoms with Gasteiger partial charge in [0.1, 0.15) is 18.0 Å². The fourth-order valence-corrected chi connectivity index (χ4v) is 5.05. The molecule has 2 fully saturated rings. The molecule has 4 aromatic rings. The molecule has 196 valence electrons. The van der Waals surface area contributed by atoms with Crippen molar-refractivity contribution in [1.82, 2.24) is 20.6 Å². The predicted molar refractivity (Wildman–Crippen MR) is 152 cm³/mol. The Kier molecular flexibility index (Phi) is 7.35. The first-order chi connectivity index (χ1) is 18.7. The maximum Gasteiger partial charge on any atom is 0.227 e. The number of nitrogens with zero attached hydrogens (tertiary/aromatic N) is 3. The fraction of sp³-hybridized carbons (Fsp3) is 0.333. The normalized spacial score (nSPS) is 18.8. The second-order valence-corrected chi connectivity index (χ2v) is 9.81. The van der Waals surface area contributed by atoms with Crippen LogP contribution in [-0.4, -0.2) is 68.1 Å². The third kappa shape index (κ3) is 5.57. The molecule has 0 radical (unpaired) electrons. The molecule has 0 spiro atoms. The van der Waals surface area contributed by atoms with Gasteiger partial charge in [0.15, 0.2) is 0 Å². The Morgan fingerprint density at radius 2 is 1.79 bits per heavy atom. The van der Waals surface area contributed by atoms with Crippen LogP contribution in [0, 0.1) is 0 Å². The van der Waals surface area contributed by atoms with Crippen molar-refractivity contribution < 1.29 is 9.47 Å². The molecule has 8 nitrogen and oxygen atoms in total. The monoisotopic (exact) mass is 510 g/mol. The lowest BCUT2D eigenvalue weighted by Gasteiger charge is -2.29. The van der Waals surface area contributed by atoms with Gasteiger partial charge in [-0.25, -0.2) is 9.97 Å². The zero-order valence-corrected chi connectivity index (χ0v) is 21.7. The van der Waals surface area contributed by atoms with Gasteiger partial charge in [0.25, 0.3) is 0 Å². The Labute approximate surface area is 223 Å². The SMILES string of the molecule is CC(Oc1ccc(-c2cccc3cnc(Nc4ccc(N5CCNCC5)cc4)nc23)cc1)C1CNCCO1. The molecule has 2 atom stereocenters. The standard InChI is InChI=1S/C30H34N6O2/c1-21(28-20-32-15-18-37-28)38-26-11-5-22(6-12-26)27-4-2-3-23-19-33-30(35-29(23)27)34-24-7-9-25(10-8-24)36-16-13-31-14-17-36/h2-12,19,21,28,31-32H,13-18,20H2,1H3,(H,33,34,35). The van der Waals surface area contributed by atoms with Gasteiger partial charge in [-0.2, -0.15) is 0 Å². The molecule has 2 aliphatic heterocycles. The fourth-order valence-electron chi connectivity index (χ4n) is 5.05. The van der Waals surface area contributed by atoms with Crippen molar-refractivity contribution in [2.24, 2.45) is 0 Å². The van der Waals surface area contributed by atoms with E-state index in [2.05, 4.69) is 75.2 Å². The van der Waals surface area contributed by atoms with E-state index in [4.69, 9.17) is 14.5 Å². The summed E-state index contributed by atoms with van der Waals surface area (Å²) in [6.07, 6.45) is 1.90. The molecule has 3 N–H and O–H groups in total. The van der Waals surface area contributed by atoms with Gasteiger partial charge in [0.05, 0.1) is 12.1 Å². The number of rotatable bonds is 7. The van der Waals surface area contributed by atoms with Gasteiger partial charge in [-0.3, -0.25) is 0 Å². The molecular weight excluding hydrogens is 476 g/mol. The number of nitrogens with one attached hydrogen (secondary N) is 3. The zero-order valence-electron chi connectivity index (χ0n) is 21.7. The van der Waals surface area contributed by atoms with Gasteiger partial charge < -0.3 is 30.3 Å². The van der Waals surface area contributed by atoms with Crippen molar-refractivity contribution in [3.05, 3.63) is 72.9 Å². The number of anilines is 3. The van der Waals surface area contributed by atoms with Crippen molar-refractivity contribution in [2.75, 3.05) is 56.1 Å². The van der Waals surface area contributed by atoms with Crippen LogP contribution in [0.25, 0.3) is 22.0 Å². The molecule has 3 heterocycles. The average Bonchev–Trinajstić information content (AvgIpc) is 2.98. The van der Waals surface area contributed by atoms with E-state index in [1.807, 2.05) is 30.5 Å².